The first kappa shape index (κ1) is 15.7. The number of aryl methyl sites for hydroxylation is 1. The molecule has 0 bridgehead atoms. The standard InChI is InChI=1S/C18H19N5O/c1-23-10-9-20-17(23)13-22-18(24)15-6-2-3-7-16(15)21-12-14-5-4-8-19-11-14/h2-11,21H,12-13H2,1H3,(H,22,24). The largest absolute Gasteiger partial charge is 0.380 e. The van der Waals surface area contributed by atoms with Crippen LogP contribution in [-0.4, -0.2) is 20.4 Å². The van der Waals surface area contributed by atoms with Crippen LogP contribution in [-0.2, 0) is 20.1 Å². The lowest BCUT2D eigenvalue weighted by Gasteiger charge is -2.12. The monoisotopic (exact) mass is 321 g/mol. The number of anilines is 1. The van der Waals surface area contributed by atoms with E-state index in [1.165, 1.54) is 0 Å². The number of nitrogens with zero attached hydrogens (tertiary/aromatic N) is 3. The molecule has 6 nitrogen and oxygen atoms in total. The number of para-hydroxylation sites is 1. The van der Waals surface area contributed by atoms with Crippen LogP contribution >= 0.6 is 0 Å². The van der Waals surface area contributed by atoms with Gasteiger partial charge in [-0.1, -0.05) is 18.2 Å². The first-order chi connectivity index (χ1) is 11.7. The highest BCUT2D eigenvalue weighted by Gasteiger charge is 2.11. The summed E-state index contributed by atoms with van der Waals surface area (Å²) in [5.41, 5.74) is 2.45. The van der Waals surface area contributed by atoms with Crippen LogP contribution in [0.5, 0.6) is 0 Å². The molecule has 1 aromatic carbocycles. The lowest BCUT2D eigenvalue weighted by atomic mass is 10.1. The van der Waals surface area contributed by atoms with Gasteiger partial charge < -0.3 is 15.2 Å². The van der Waals surface area contributed by atoms with Crippen molar-refractivity contribution >= 4 is 11.6 Å². The van der Waals surface area contributed by atoms with Crippen molar-refractivity contribution in [2.75, 3.05) is 5.32 Å². The number of carbonyl (C=O) groups excluding carboxylic acids is 1. The van der Waals surface area contributed by atoms with Crippen molar-refractivity contribution in [3.63, 3.8) is 0 Å². The van der Waals surface area contributed by atoms with Gasteiger partial charge in [-0.25, -0.2) is 4.98 Å². The zero-order valence-corrected chi connectivity index (χ0v) is 13.4. The smallest absolute Gasteiger partial charge is 0.253 e. The Kier molecular flexibility index (Phi) is 4.86. The lowest BCUT2D eigenvalue weighted by Crippen LogP contribution is -2.25. The average molecular weight is 321 g/mol. The Bertz CT molecular complexity index is 813. The van der Waals surface area contributed by atoms with E-state index in [1.54, 1.807) is 24.7 Å². The second-order valence-electron chi connectivity index (χ2n) is 5.40. The summed E-state index contributed by atoms with van der Waals surface area (Å²) in [6, 6.07) is 11.3. The molecule has 0 aliphatic rings. The number of imidazole rings is 1. The van der Waals surface area contributed by atoms with Gasteiger partial charge in [-0.05, 0) is 23.8 Å². The highest BCUT2D eigenvalue weighted by molar-refractivity contribution is 5.99. The third-order valence-corrected chi connectivity index (χ3v) is 3.71. The minimum Gasteiger partial charge on any atom is -0.380 e. The number of hydrogen-bond donors (Lipinski definition) is 2. The zero-order valence-electron chi connectivity index (χ0n) is 13.4. The molecule has 2 heterocycles. The Hall–Kier alpha value is -3.15. The number of amides is 1. The van der Waals surface area contributed by atoms with Gasteiger partial charge in [-0.15, -0.1) is 0 Å². The molecule has 0 atom stereocenters. The van der Waals surface area contributed by atoms with Crippen LogP contribution in [0.4, 0.5) is 5.69 Å². The molecule has 6 heteroatoms. The Morgan fingerprint density at radius 3 is 2.75 bits per heavy atom. The van der Waals surface area contributed by atoms with E-state index in [0.717, 1.165) is 17.1 Å². The molecule has 2 aromatic heterocycles. The maximum absolute atomic E-state index is 12.5. The van der Waals surface area contributed by atoms with Gasteiger partial charge in [0.05, 0.1) is 12.1 Å². The number of benzene rings is 1. The molecule has 0 aliphatic heterocycles. The molecule has 0 saturated heterocycles. The molecule has 1 amide bonds. The number of carbonyl (C=O) groups is 1. The molecule has 0 fully saturated rings. The van der Waals surface area contributed by atoms with Crippen molar-refractivity contribution < 1.29 is 4.79 Å². The predicted molar refractivity (Wildman–Crippen MR) is 92.4 cm³/mol. The number of rotatable bonds is 6. The van der Waals surface area contributed by atoms with E-state index in [2.05, 4.69) is 20.6 Å². The molecule has 24 heavy (non-hydrogen) atoms. The van der Waals surface area contributed by atoms with Crippen molar-refractivity contribution in [3.8, 4) is 0 Å². The van der Waals surface area contributed by atoms with E-state index in [4.69, 9.17) is 0 Å². The summed E-state index contributed by atoms with van der Waals surface area (Å²) in [4.78, 5) is 20.8. The molecule has 0 spiro atoms. The molecule has 0 saturated carbocycles. The van der Waals surface area contributed by atoms with Gasteiger partial charge >= 0.3 is 0 Å². The van der Waals surface area contributed by atoms with Gasteiger partial charge in [0.2, 0.25) is 0 Å². The van der Waals surface area contributed by atoms with Crippen LogP contribution in [0.15, 0.2) is 61.2 Å². The normalized spacial score (nSPS) is 10.4. The van der Waals surface area contributed by atoms with Crippen molar-refractivity contribution in [2.24, 2.45) is 7.05 Å². The van der Waals surface area contributed by atoms with Gasteiger partial charge in [-0.3, -0.25) is 9.78 Å². The third kappa shape index (κ3) is 3.78. The molecule has 3 aromatic rings. The molecular weight excluding hydrogens is 302 g/mol. The lowest BCUT2D eigenvalue weighted by molar-refractivity contribution is 0.0950. The van der Waals surface area contributed by atoms with E-state index in [1.807, 2.05) is 48.1 Å². The molecule has 2 N–H and O–H groups in total. The predicted octanol–water partition coefficient (Wildman–Crippen LogP) is 2.36. The maximum atomic E-state index is 12.5. The number of nitrogens with one attached hydrogen (secondary N) is 2. The summed E-state index contributed by atoms with van der Waals surface area (Å²) in [5.74, 6) is 0.677. The Labute approximate surface area is 140 Å². The topological polar surface area (TPSA) is 71.8 Å². The maximum Gasteiger partial charge on any atom is 0.253 e. The summed E-state index contributed by atoms with van der Waals surface area (Å²) in [5, 5.41) is 6.20. The molecule has 122 valence electrons. The van der Waals surface area contributed by atoms with Crippen LogP contribution in [0.1, 0.15) is 21.7 Å². The molecule has 0 radical (unpaired) electrons. The van der Waals surface area contributed by atoms with Crippen molar-refractivity contribution in [1.82, 2.24) is 19.9 Å². The minimum absolute atomic E-state index is 0.132. The molecule has 3 rings (SSSR count). The number of hydrogen-bond acceptors (Lipinski definition) is 4. The van der Waals surface area contributed by atoms with Crippen LogP contribution < -0.4 is 10.6 Å². The molecule has 0 aliphatic carbocycles. The van der Waals surface area contributed by atoms with Crippen molar-refractivity contribution in [3.05, 3.63) is 78.1 Å². The third-order valence-electron chi connectivity index (χ3n) is 3.71. The van der Waals surface area contributed by atoms with E-state index < -0.39 is 0 Å². The Morgan fingerprint density at radius 1 is 1.12 bits per heavy atom. The Morgan fingerprint density at radius 2 is 2.00 bits per heavy atom. The minimum atomic E-state index is -0.132. The highest BCUT2D eigenvalue weighted by atomic mass is 16.1. The van der Waals surface area contributed by atoms with E-state index in [-0.39, 0.29) is 5.91 Å². The fourth-order valence-electron chi connectivity index (χ4n) is 2.36. The van der Waals surface area contributed by atoms with Gasteiger partial charge in [0.15, 0.2) is 0 Å². The van der Waals surface area contributed by atoms with Gasteiger partial charge in [-0.2, -0.15) is 0 Å². The van der Waals surface area contributed by atoms with Gasteiger partial charge in [0, 0.05) is 44.1 Å². The average Bonchev–Trinajstić information content (AvgIpc) is 3.04. The van der Waals surface area contributed by atoms with E-state index >= 15 is 0 Å². The van der Waals surface area contributed by atoms with Gasteiger partial charge in [0.1, 0.15) is 5.82 Å². The summed E-state index contributed by atoms with van der Waals surface area (Å²) in [7, 11) is 1.90. The second kappa shape index (κ2) is 7.41. The second-order valence-corrected chi connectivity index (χ2v) is 5.40. The van der Waals surface area contributed by atoms with Crippen LogP contribution in [0, 0.1) is 0 Å². The summed E-state index contributed by atoms with van der Waals surface area (Å²) >= 11 is 0. The SMILES string of the molecule is Cn1ccnc1CNC(=O)c1ccccc1NCc1cccnc1. The van der Waals surface area contributed by atoms with E-state index in [0.29, 0.717) is 18.7 Å². The number of aromatic nitrogens is 3. The Balaban J connectivity index is 1.66. The summed E-state index contributed by atoms with van der Waals surface area (Å²) in [6.45, 7) is 0.997. The quantitative estimate of drug-likeness (QED) is 0.731. The van der Waals surface area contributed by atoms with Crippen LogP contribution in [0.2, 0.25) is 0 Å². The van der Waals surface area contributed by atoms with Crippen molar-refractivity contribution in [1.29, 1.82) is 0 Å². The zero-order chi connectivity index (χ0) is 16.8. The summed E-state index contributed by atoms with van der Waals surface area (Å²) in [6.07, 6.45) is 7.11. The first-order valence-corrected chi connectivity index (χ1v) is 7.70. The highest BCUT2D eigenvalue weighted by Crippen LogP contribution is 2.16. The van der Waals surface area contributed by atoms with Crippen LogP contribution in [0.3, 0.4) is 0 Å². The fourth-order valence-corrected chi connectivity index (χ4v) is 2.36. The number of pyridine rings is 1. The van der Waals surface area contributed by atoms with Gasteiger partial charge in [0.25, 0.3) is 5.91 Å². The first-order valence-electron chi connectivity index (χ1n) is 7.70. The van der Waals surface area contributed by atoms with Crippen LogP contribution in [0.25, 0.3) is 0 Å². The fraction of sp³-hybridized carbons (Fsp3) is 0.167. The molecule has 0 unspecified atom stereocenters. The van der Waals surface area contributed by atoms with E-state index in [9.17, 15) is 4.79 Å². The summed E-state index contributed by atoms with van der Waals surface area (Å²) < 4.78 is 1.88. The van der Waals surface area contributed by atoms with Crippen molar-refractivity contribution in [2.45, 2.75) is 13.1 Å². The molecular formula is C18H19N5O.